The molecule has 0 aliphatic carbocycles. The largest absolute Gasteiger partial charge is 0.465 e. The van der Waals surface area contributed by atoms with Gasteiger partial charge in [-0.1, -0.05) is 11.8 Å². The zero-order valence-electron chi connectivity index (χ0n) is 20.8. The topological polar surface area (TPSA) is 147 Å². The van der Waals surface area contributed by atoms with Gasteiger partial charge in [0.2, 0.25) is 6.79 Å². The van der Waals surface area contributed by atoms with Gasteiger partial charge in [-0.15, -0.1) is 0 Å². The molecule has 14 heteroatoms. The van der Waals surface area contributed by atoms with Crippen LogP contribution in [0.5, 0.6) is 11.5 Å². The molecule has 3 N–H and O–H groups in total. The molecule has 0 atom stereocenters. The van der Waals surface area contributed by atoms with Crippen molar-refractivity contribution in [2.24, 2.45) is 5.92 Å². The van der Waals surface area contributed by atoms with Crippen molar-refractivity contribution in [1.29, 1.82) is 5.41 Å². The van der Waals surface area contributed by atoms with Crippen LogP contribution in [0.1, 0.15) is 26.2 Å². The molecule has 2 amide bonds. The molecule has 0 unspecified atom stereocenters. The Morgan fingerprint density at radius 1 is 1.29 bits per heavy atom. The molecule has 2 aliphatic rings. The van der Waals surface area contributed by atoms with Gasteiger partial charge in [0.05, 0.1) is 12.9 Å². The fraction of sp³-hybridized carbons (Fsp3) is 0.458. The van der Waals surface area contributed by atoms with Gasteiger partial charge in [-0.05, 0) is 60.2 Å². The van der Waals surface area contributed by atoms with Crippen LogP contribution in [-0.4, -0.2) is 69.5 Å². The van der Waals surface area contributed by atoms with Crippen LogP contribution in [0, 0.1) is 11.3 Å². The summed E-state index contributed by atoms with van der Waals surface area (Å²) in [5.41, 5.74) is 1.41. The number of esters is 1. The average molecular weight is 607 g/mol. The number of H-pyrrole nitrogens is 1. The number of ether oxygens (including phenoxy) is 3. The number of halogens is 1. The van der Waals surface area contributed by atoms with Crippen molar-refractivity contribution in [3.05, 3.63) is 28.4 Å². The van der Waals surface area contributed by atoms with E-state index in [2.05, 4.69) is 31.2 Å². The van der Waals surface area contributed by atoms with Crippen LogP contribution in [-0.2, 0) is 16.1 Å². The molecule has 12 nitrogen and oxygen atoms in total. The Labute approximate surface area is 231 Å². The van der Waals surface area contributed by atoms with E-state index in [-0.39, 0.29) is 24.9 Å². The highest BCUT2D eigenvalue weighted by Crippen LogP contribution is 2.42. The first-order valence-electron chi connectivity index (χ1n) is 12.4. The van der Waals surface area contributed by atoms with Crippen molar-refractivity contribution in [3.8, 4) is 11.5 Å². The van der Waals surface area contributed by atoms with E-state index < -0.39 is 5.97 Å². The second kappa shape index (κ2) is 11.6. The molecule has 4 heterocycles. The molecule has 202 valence electrons. The van der Waals surface area contributed by atoms with E-state index in [4.69, 9.17) is 24.6 Å². The van der Waals surface area contributed by atoms with Crippen molar-refractivity contribution in [2.75, 3.05) is 33.0 Å². The van der Waals surface area contributed by atoms with E-state index in [9.17, 15) is 9.59 Å². The number of aryl methyl sites for hydroxylation is 1. The Morgan fingerprint density at radius 3 is 2.82 bits per heavy atom. The molecule has 2 aromatic heterocycles. The number of carbonyl (C=O) groups is 2. The Kier molecular flexibility index (Phi) is 8.07. The minimum absolute atomic E-state index is 0.117. The number of imidazole rings is 1. The third kappa shape index (κ3) is 5.90. The maximum absolute atomic E-state index is 12.3. The molecule has 1 aromatic carbocycles. The molecule has 0 spiro atoms. The van der Waals surface area contributed by atoms with Gasteiger partial charge in [0.15, 0.2) is 27.8 Å². The SMILES string of the molecule is CCOC(=O)CNC(=O)N1CCC(CCn2cnc(=N)c3[nH]c(Sc4cc5c(cc4Br)OCO5)nc32)CC1. The number of carbonyl (C=O) groups excluding carboxylic acids is 2. The van der Waals surface area contributed by atoms with E-state index in [0.717, 1.165) is 28.6 Å². The lowest BCUT2D eigenvalue weighted by Gasteiger charge is -2.32. The van der Waals surface area contributed by atoms with E-state index >= 15 is 0 Å². The molecule has 3 aromatic rings. The smallest absolute Gasteiger partial charge is 0.325 e. The van der Waals surface area contributed by atoms with Crippen LogP contribution >= 0.6 is 27.7 Å². The van der Waals surface area contributed by atoms with E-state index in [1.54, 1.807) is 18.2 Å². The molecular weight excluding hydrogens is 578 g/mol. The van der Waals surface area contributed by atoms with Crippen molar-refractivity contribution < 1.29 is 23.8 Å². The number of aromatic amines is 1. The van der Waals surface area contributed by atoms with Gasteiger partial charge in [0.1, 0.15) is 12.1 Å². The van der Waals surface area contributed by atoms with Gasteiger partial charge < -0.3 is 34.0 Å². The molecular formula is C24H28BrN7O5S. The Hall–Kier alpha value is -3.26. The fourth-order valence-corrected chi connectivity index (χ4v) is 5.85. The van der Waals surface area contributed by atoms with Crippen LogP contribution in [0.2, 0.25) is 0 Å². The zero-order valence-corrected chi connectivity index (χ0v) is 23.2. The highest BCUT2D eigenvalue weighted by molar-refractivity contribution is 9.10. The number of likely N-dealkylation sites (tertiary alicyclic amines) is 1. The number of piperidine rings is 1. The summed E-state index contributed by atoms with van der Waals surface area (Å²) in [6, 6.07) is 3.54. The van der Waals surface area contributed by atoms with E-state index in [1.165, 1.54) is 11.8 Å². The fourth-order valence-electron chi connectivity index (χ4n) is 4.47. The van der Waals surface area contributed by atoms with Gasteiger partial charge in [0.25, 0.3) is 0 Å². The van der Waals surface area contributed by atoms with Crippen molar-refractivity contribution in [1.82, 2.24) is 29.7 Å². The lowest BCUT2D eigenvalue weighted by Crippen LogP contribution is -2.46. The Balaban J connectivity index is 1.19. The molecule has 0 radical (unpaired) electrons. The summed E-state index contributed by atoms with van der Waals surface area (Å²) in [7, 11) is 0. The quantitative estimate of drug-likeness (QED) is 0.331. The number of aromatic nitrogens is 4. The molecule has 0 saturated carbocycles. The van der Waals surface area contributed by atoms with Crippen LogP contribution in [0.3, 0.4) is 0 Å². The Bertz CT molecular complexity index is 1400. The zero-order chi connectivity index (χ0) is 26.6. The number of nitrogens with zero attached hydrogens (tertiary/aromatic N) is 4. The molecule has 2 aliphatic heterocycles. The van der Waals surface area contributed by atoms with Crippen LogP contribution in [0.25, 0.3) is 11.2 Å². The van der Waals surface area contributed by atoms with Gasteiger partial charge in [-0.25, -0.2) is 14.8 Å². The Morgan fingerprint density at radius 2 is 2.05 bits per heavy atom. The first-order valence-corrected chi connectivity index (χ1v) is 14.0. The molecule has 38 heavy (non-hydrogen) atoms. The number of rotatable bonds is 8. The van der Waals surface area contributed by atoms with E-state index in [1.807, 2.05) is 16.7 Å². The summed E-state index contributed by atoms with van der Waals surface area (Å²) in [6.07, 6.45) is 4.31. The normalized spacial score (nSPS) is 15.2. The number of fused-ring (bicyclic) bond motifs is 2. The summed E-state index contributed by atoms with van der Waals surface area (Å²) in [4.78, 5) is 38.7. The molecule has 5 rings (SSSR count). The van der Waals surface area contributed by atoms with Gasteiger partial charge in [-0.3, -0.25) is 10.2 Å². The highest BCUT2D eigenvalue weighted by atomic mass is 79.9. The predicted octanol–water partition coefficient (Wildman–Crippen LogP) is 3.26. The van der Waals surface area contributed by atoms with Crippen LogP contribution < -0.4 is 20.3 Å². The molecule has 1 saturated heterocycles. The lowest BCUT2D eigenvalue weighted by molar-refractivity contribution is -0.141. The second-order valence-corrected chi connectivity index (χ2v) is 10.8. The lowest BCUT2D eigenvalue weighted by atomic mass is 9.93. The van der Waals surface area contributed by atoms with Crippen LogP contribution in [0.4, 0.5) is 4.79 Å². The highest BCUT2D eigenvalue weighted by Gasteiger charge is 2.24. The standard InChI is InChI=1S/C24H28BrN7O5S/c1-2-35-19(33)11-27-24(34)31-6-3-14(4-7-31)5-8-32-12-28-21(26)20-22(32)30-23(29-20)38-18-10-17-16(9-15(18)25)36-13-37-17/h9-10,12,14,26H,2-8,11,13H2,1H3,(H,27,34)(H,29,30). The van der Waals surface area contributed by atoms with Gasteiger partial charge in [-0.2, -0.15) is 0 Å². The van der Waals surface area contributed by atoms with Crippen molar-refractivity contribution >= 4 is 50.9 Å². The number of hydrogen-bond donors (Lipinski definition) is 3. The minimum atomic E-state index is -0.435. The number of hydrogen-bond acceptors (Lipinski definition) is 9. The first kappa shape index (κ1) is 26.4. The third-order valence-corrected chi connectivity index (χ3v) is 8.36. The van der Waals surface area contributed by atoms with Crippen LogP contribution in [0.15, 0.2) is 33.0 Å². The number of amides is 2. The third-order valence-electron chi connectivity index (χ3n) is 6.50. The summed E-state index contributed by atoms with van der Waals surface area (Å²) in [6.45, 7) is 4.08. The second-order valence-electron chi connectivity index (χ2n) is 8.95. The van der Waals surface area contributed by atoms with Gasteiger partial charge in [0, 0.05) is 29.0 Å². The summed E-state index contributed by atoms with van der Waals surface area (Å²) < 4.78 is 18.6. The summed E-state index contributed by atoms with van der Waals surface area (Å²) >= 11 is 5.02. The van der Waals surface area contributed by atoms with Gasteiger partial charge >= 0.3 is 12.0 Å². The minimum Gasteiger partial charge on any atom is -0.465 e. The monoisotopic (exact) mass is 605 g/mol. The summed E-state index contributed by atoms with van der Waals surface area (Å²) in [5, 5.41) is 11.5. The number of urea groups is 1. The average Bonchev–Trinajstić information content (AvgIpc) is 3.55. The maximum Gasteiger partial charge on any atom is 0.325 e. The number of nitrogens with one attached hydrogen (secondary N) is 3. The maximum atomic E-state index is 12.3. The van der Waals surface area contributed by atoms with Crippen molar-refractivity contribution in [3.63, 3.8) is 0 Å². The molecule has 1 fully saturated rings. The molecule has 0 bridgehead atoms. The predicted molar refractivity (Wildman–Crippen MR) is 141 cm³/mol. The number of benzene rings is 1. The van der Waals surface area contributed by atoms with E-state index in [0.29, 0.717) is 60.0 Å². The first-order chi connectivity index (χ1) is 18.4. The summed E-state index contributed by atoms with van der Waals surface area (Å²) in [5.74, 6) is 1.39. The van der Waals surface area contributed by atoms with Crippen molar-refractivity contribution in [2.45, 2.75) is 42.8 Å².